The predicted molar refractivity (Wildman–Crippen MR) is 133 cm³/mol. The molecule has 4 atom stereocenters. The van der Waals surface area contributed by atoms with Crippen LogP contribution in [0.2, 0.25) is 0 Å². The summed E-state index contributed by atoms with van der Waals surface area (Å²) in [7, 11) is 0. The number of carbonyl (C=O) groups excluding carboxylic acids is 2. The number of likely N-dealkylation sites (tertiary alicyclic amines) is 1. The molecule has 0 radical (unpaired) electrons. The predicted octanol–water partition coefficient (Wildman–Crippen LogP) is 3.88. The minimum atomic E-state index is -1.23. The Balaban J connectivity index is 1.51. The lowest BCUT2D eigenvalue weighted by atomic mass is 9.96. The minimum Gasteiger partial charge on any atom is -0.343 e. The lowest BCUT2D eigenvalue weighted by Gasteiger charge is -2.27. The SMILES string of the molecule is CC(N)c1ccc([C@@H](NC(=O)[C@@H]2C[C@@H](F)CN2C(=O)CCc2cccnc2)c2ccccc2)cc1. The van der Waals surface area contributed by atoms with E-state index in [9.17, 15) is 14.0 Å². The van der Waals surface area contributed by atoms with Gasteiger partial charge in [-0.25, -0.2) is 4.39 Å². The van der Waals surface area contributed by atoms with E-state index in [1.54, 1.807) is 12.4 Å². The minimum absolute atomic E-state index is 0.00436. The van der Waals surface area contributed by atoms with Crippen LogP contribution in [0.4, 0.5) is 4.39 Å². The van der Waals surface area contributed by atoms with Crippen molar-refractivity contribution in [3.05, 3.63) is 101 Å². The number of rotatable bonds is 8. The van der Waals surface area contributed by atoms with Crippen LogP contribution in [0.3, 0.4) is 0 Å². The summed E-state index contributed by atoms with van der Waals surface area (Å²) in [6.45, 7) is 1.85. The van der Waals surface area contributed by atoms with Crippen molar-refractivity contribution in [2.75, 3.05) is 6.54 Å². The first-order valence-corrected chi connectivity index (χ1v) is 12.0. The maximum atomic E-state index is 14.4. The Morgan fingerprint density at radius 3 is 2.40 bits per heavy atom. The summed E-state index contributed by atoms with van der Waals surface area (Å²) in [5, 5.41) is 3.08. The number of nitrogens with two attached hydrogens (primary N) is 1. The number of halogens is 1. The Hall–Kier alpha value is -3.58. The highest BCUT2D eigenvalue weighted by Gasteiger charge is 2.40. The van der Waals surface area contributed by atoms with E-state index in [0.29, 0.717) is 6.42 Å². The molecule has 35 heavy (non-hydrogen) atoms. The van der Waals surface area contributed by atoms with Crippen LogP contribution in [-0.2, 0) is 16.0 Å². The highest BCUT2D eigenvalue weighted by atomic mass is 19.1. The van der Waals surface area contributed by atoms with Gasteiger partial charge in [0.05, 0.1) is 12.6 Å². The summed E-state index contributed by atoms with van der Waals surface area (Å²) in [5.74, 6) is -0.586. The van der Waals surface area contributed by atoms with Crippen LogP contribution in [-0.4, -0.2) is 40.5 Å². The van der Waals surface area contributed by atoms with Gasteiger partial charge in [-0.1, -0.05) is 60.7 Å². The van der Waals surface area contributed by atoms with E-state index >= 15 is 0 Å². The van der Waals surface area contributed by atoms with Crippen LogP contribution >= 0.6 is 0 Å². The molecule has 2 amide bonds. The number of nitrogens with one attached hydrogen (secondary N) is 1. The number of hydrogen-bond donors (Lipinski definition) is 2. The summed E-state index contributed by atoms with van der Waals surface area (Å²) >= 11 is 0. The van der Waals surface area contributed by atoms with Gasteiger partial charge in [0, 0.05) is 31.3 Å². The molecule has 182 valence electrons. The van der Waals surface area contributed by atoms with E-state index in [4.69, 9.17) is 5.73 Å². The molecule has 1 saturated heterocycles. The summed E-state index contributed by atoms with van der Waals surface area (Å²) in [4.78, 5) is 31.8. The third-order valence-electron chi connectivity index (χ3n) is 6.44. The van der Waals surface area contributed by atoms with E-state index in [2.05, 4.69) is 10.3 Å². The van der Waals surface area contributed by atoms with Gasteiger partial charge >= 0.3 is 0 Å². The third kappa shape index (κ3) is 6.11. The number of benzene rings is 2. The molecule has 0 bridgehead atoms. The third-order valence-corrected chi connectivity index (χ3v) is 6.44. The first kappa shape index (κ1) is 24.5. The summed E-state index contributed by atoms with van der Waals surface area (Å²) in [6.07, 6.45) is 2.84. The highest BCUT2D eigenvalue weighted by molar-refractivity contribution is 5.89. The molecule has 1 aliphatic heterocycles. The Morgan fingerprint density at radius 2 is 1.74 bits per heavy atom. The molecule has 1 unspecified atom stereocenters. The number of nitrogens with zero attached hydrogens (tertiary/aromatic N) is 2. The van der Waals surface area contributed by atoms with Crippen molar-refractivity contribution in [1.82, 2.24) is 15.2 Å². The zero-order valence-corrected chi connectivity index (χ0v) is 19.8. The maximum absolute atomic E-state index is 14.4. The number of amides is 2. The van der Waals surface area contributed by atoms with Gasteiger partial charge in [-0.2, -0.15) is 0 Å². The number of aromatic nitrogens is 1. The van der Waals surface area contributed by atoms with Crippen LogP contribution in [0.25, 0.3) is 0 Å². The van der Waals surface area contributed by atoms with Crippen molar-refractivity contribution < 1.29 is 14.0 Å². The average Bonchev–Trinajstić information content (AvgIpc) is 3.29. The van der Waals surface area contributed by atoms with Crippen molar-refractivity contribution in [2.24, 2.45) is 5.73 Å². The van der Waals surface area contributed by atoms with Crippen molar-refractivity contribution in [3.8, 4) is 0 Å². The number of pyridine rings is 1. The van der Waals surface area contributed by atoms with Crippen molar-refractivity contribution in [1.29, 1.82) is 0 Å². The molecule has 6 nitrogen and oxygen atoms in total. The molecular formula is C28H31FN4O2. The molecule has 1 aliphatic rings. The second kappa shape index (κ2) is 11.2. The van der Waals surface area contributed by atoms with E-state index < -0.39 is 18.3 Å². The van der Waals surface area contributed by atoms with E-state index in [1.165, 1.54) is 4.90 Å². The fourth-order valence-electron chi connectivity index (χ4n) is 4.48. The van der Waals surface area contributed by atoms with Gasteiger partial charge in [0.2, 0.25) is 11.8 Å². The summed E-state index contributed by atoms with van der Waals surface area (Å²) in [6, 6.07) is 19.7. The van der Waals surface area contributed by atoms with Crippen LogP contribution < -0.4 is 11.1 Å². The molecule has 0 aliphatic carbocycles. The largest absolute Gasteiger partial charge is 0.343 e. The molecular weight excluding hydrogens is 443 g/mol. The number of aryl methyl sites for hydroxylation is 1. The molecule has 1 fully saturated rings. The number of carbonyl (C=O) groups is 2. The van der Waals surface area contributed by atoms with Gasteiger partial charge in [0.1, 0.15) is 12.2 Å². The maximum Gasteiger partial charge on any atom is 0.243 e. The second-order valence-electron chi connectivity index (χ2n) is 9.06. The van der Waals surface area contributed by atoms with E-state index in [-0.39, 0.29) is 37.2 Å². The Bertz CT molecular complexity index is 1120. The average molecular weight is 475 g/mol. The molecule has 3 N–H and O–H groups in total. The molecule has 3 aromatic rings. The molecule has 2 aromatic carbocycles. The van der Waals surface area contributed by atoms with Crippen LogP contribution in [0, 0.1) is 0 Å². The first-order valence-electron chi connectivity index (χ1n) is 12.0. The summed E-state index contributed by atoms with van der Waals surface area (Å²) < 4.78 is 14.4. The van der Waals surface area contributed by atoms with Crippen LogP contribution in [0.1, 0.15) is 54.1 Å². The van der Waals surface area contributed by atoms with Crippen LogP contribution in [0.5, 0.6) is 0 Å². The van der Waals surface area contributed by atoms with Gasteiger partial charge in [0.25, 0.3) is 0 Å². The Kier molecular flexibility index (Phi) is 7.87. The zero-order chi connectivity index (χ0) is 24.8. The van der Waals surface area contributed by atoms with Crippen molar-refractivity contribution >= 4 is 11.8 Å². The second-order valence-corrected chi connectivity index (χ2v) is 9.06. The van der Waals surface area contributed by atoms with Crippen LogP contribution in [0.15, 0.2) is 79.1 Å². The molecule has 0 spiro atoms. The monoisotopic (exact) mass is 474 g/mol. The lowest BCUT2D eigenvalue weighted by molar-refractivity contribution is -0.138. The molecule has 2 heterocycles. The Labute approximate surface area is 205 Å². The Morgan fingerprint density at radius 1 is 1.06 bits per heavy atom. The smallest absolute Gasteiger partial charge is 0.243 e. The first-order chi connectivity index (χ1) is 16.9. The number of hydrogen-bond acceptors (Lipinski definition) is 4. The van der Waals surface area contributed by atoms with Gasteiger partial charge in [-0.15, -0.1) is 0 Å². The number of alkyl halides is 1. The summed E-state index contributed by atoms with van der Waals surface area (Å²) in [5.41, 5.74) is 9.70. The topological polar surface area (TPSA) is 88.3 Å². The molecule has 0 saturated carbocycles. The van der Waals surface area contributed by atoms with Crippen molar-refractivity contribution in [3.63, 3.8) is 0 Å². The molecule has 1 aromatic heterocycles. The van der Waals surface area contributed by atoms with Gasteiger partial charge in [0.15, 0.2) is 0 Å². The fourth-order valence-corrected chi connectivity index (χ4v) is 4.48. The normalized spacial score (nSPS) is 19.2. The standard InChI is InChI=1S/C28H31FN4O2/c1-19(30)21-10-12-23(13-11-21)27(22-7-3-2-4-8-22)32-28(35)25-16-24(29)18-33(25)26(34)14-9-20-6-5-15-31-17-20/h2-8,10-13,15,17,19,24-25,27H,9,14,16,18,30H2,1H3,(H,32,35)/t19?,24-,25+,27+/m1/s1. The van der Waals surface area contributed by atoms with Gasteiger partial charge in [-0.05, 0) is 41.7 Å². The fraction of sp³-hybridized carbons (Fsp3) is 0.321. The highest BCUT2D eigenvalue weighted by Crippen LogP contribution is 2.27. The van der Waals surface area contributed by atoms with Crippen molar-refractivity contribution in [2.45, 2.75) is 50.5 Å². The van der Waals surface area contributed by atoms with Gasteiger partial charge < -0.3 is 16.0 Å². The zero-order valence-electron chi connectivity index (χ0n) is 19.8. The van der Waals surface area contributed by atoms with E-state index in [0.717, 1.165) is 22.3 Å². The quantitative estimate of drug-likeness (QED) is 0.519. The van der Waals surface area contributed by atoms with Gasteiger partial charge in [-0.3, -0.25) is 14.6 Å². The van der Waals surface area contributed by atoms with E-state index in [1.807, 2.05) is 73.7 Å². The molecule has 7 heteroatoms. The lowest BCUT2D eigenvalue weighted by Crippen LogP contribution is -2.47. The molecule has 4 rings (SSSR count).